The Balaban J connectivity index is 1.19. The molecule has 1 aromatic heterocycles. The number of hydrogen-bond donors (Lipinski definition) is 3. The highest BCUT2D eigenvalue weighted by molar-refractivity contribution is 5.99. The Kier molecular flexibility index (Phi) is 13.6. The van der Waals surface area contributed by atoms with E-state index in [1.165, 1.54) is 24.3 Å². The molecule has 3 heterocycles. The summed E-state index contributed by atoms with van der Waals surface area (Å²) in [5, 5.41) is 21.2. The average molecular weight is 791 g/mol. The van der Waals surface area contributed by atoms with Gasteiger partial charge in [0.1, 0.15) is 23.6 Å². The van der Waals surface area contributed by atoms with Crippen LogP contribution in [-0.4, -0.2) is 102 Å². The summed E-state index contributed by atoms with van der Waals surface area (Å²) < 4.78 is 53.9. The minimum atomic E-state index is -4.06. The minimum Gasteiger partial charge on any atom is -0.378 e. The fourth-order valence-electron chi connectivity index (χ4n) is 7.88. The Bertz CT molecular complexity index is 1950. The molecule has 0 radical (unpaired) electrons. The molecule has 0 bridgehead atoms. The number of carbonyl (C=O) groups is 4. The highest BCUT2D eigenvalue weighted by atomic mass is 19.3. The maximum absolute atomic E-state index is 15.8. The second kappa shape index (κ2) is 18.8. The molecule has 1 aliphatic carbocycles. The zero-order valence-electron chi connectivity index (χ0n) is 32.0. The number of likely N-dealkylation sites (tertiary alicyclic amines) is 1. The molecule has 16 heteroatoms. The minimum absolute atomic E-state index is 0.0238. The van der Waals surface area contributed by atoms with E-state index in [-0.39, 0.29) is 29.6 Å². The number of nitriles is 1. The number of anilines is 1. The quantitative estimate of drug-likeness (QED) is 0.226. The van der Waals surface area contributed by atoms with Crippen LogP contribution in [0.15, 0.2) is 54.7 Å². The molecule has 57 heavy (non-hydrogen) atoms. The molecule has 1 saturated carbocycles. The SMILES string of the molecule is CN1CCC(n2nccc2C(=O)N[C@H](Cc2ccc(NC(=O)[C@@H](NC(=O)C(F)(F)c3cccc(C#N)c3)C3CCCCCC3)c(F)c2)C(=O)N2CCOCC2)CC1. The summed E-state index contributed by atoms with van der Waals surface area (Å²) in [5.74, 6) is -8.78. The summed E-state index contributed by atoms with van der Waals surface area (Å²) in [6.45, 7) is 3.05. The number of piperidine rings is 1. The number of benzene rings is 2. The molecule has 2 saturated heterocycles. The first kappa shape index (κ1) is 41.4. The molecule has 3 fully saturated rings. The molecule has 3 aliphatic rings. The van der Waals surface area contributed by atoms with E-state index in [1.54, 1.807) is 27.9 Å². The molecule has 2 atom stereocenters. The highest BCUT2D eigenvalue weighted by Crippen LogP contribution is 2.32. The van der Waals surface area contributed by atoms with E-state index in [0.29, 0.717) is 50.4 Å². The normalized spacial score (nSPS) is 18.5. The molecule has 2 aliphatic heterocycles. The third-order valence-electron chi connectivity index (χ3n) is 11.2. The first-order valence-electron chi connectivity index (χ1n) is 19.6. The molecular formula is C41H49F3N8O5. The molecule has 0 spiro atoms. The van der Waals surface area contributed by atoms with Crippen molar-refractivity contribution in [3.8, 4) is 6.07 Å². The molecule has 6 rings (SSSR count). The van der Waals surface area contributed by atoms with E-state index in [4.69, 9.17) is 4.74 Å². The Hall–Kier alpha value is -5.27. The van der Waals surface area contributed by atoms with E-state index in [0.717, 1.165) is 69.8 Å². The number of amides is 4. The van der Waals surface area contributed by atoms with Gasteiger partial charge in [-0.3, -0.25) is 23.9 Å². The van der Waals surface area contributed by atoms with Crippen molar-refractivity contribution in [2.45, 2.75) is 81.8 Å². The molecule has 2 aromatic carbocycles. The van der Waals surface area contributed by atoms with Gasteiger partial charge in [0.05, 0.1) is 36.6 Å². The van der Waals surface area contributed by atoms with Crippen molar-refractivity contribution in [3.63, 3.8) is 0 Å². The van der Waals surface area contributed by atoms with Crippen LogP contribution in [0.3, 0.4) is 0 Å². The lowest BCUT2D eigenvalue weighted by Gasteiger charge is -2.31. The maximum atomic E-state index is 15.8. The van der Waals surface area contributed by atoms with Gasteiger partial charge in [-0.25, -0.2) is 4.39 Å². The number of aromatic nitrogens is 2. The number of ether oxygens (including phenoxy) is 1. The molecular weight excluding hydrogens is 741 g/mol. The van der Waals surface area contributed by atoms with Gasteiger partial charge in [0.25, 0.3) is 11.8 Å². The Morgan fingerprint density at radius 1 is 0.947 bits per heavy atom. The van der Waals surface area contributed by atoms with Crippen LogP contribution in [0.2, 0.25) is 0 Å². The number of carbonyl (C=O) groups excluding carboxylic acids is 4. The third-order valence-corrected chi connectivity index (χ3v) is 11.2. The number of alkyl halides is 2. The van der Waals surface area contributed by atoms with Gasteiger partial charge in [0.2, 0.25) is 11.8 Å². The fourth-order valence-corrected chi connectivity index (χ4v) is 7.88. The number of rotatable bonds is 12. The zero-order valence-corrected chi connectivity index (χ0v) is 32.0. The van der Waals surface area contributed by atoms with E-state index in [1.807, 2.05) is 7.05 Å². The molecule has 4 amide bonds. The van der Waals surface area contributed by atoms with Gasteiger partial charge in [-0.1, -0.05) is 43.9 Å². The Morgan fingerprint density at radius 3 is 2.35 bits per heavy atom. The van der Waals surface area contributed by atoms with Gasteiger partial charge in [0, 0.05) is 31.3 Å². The Labute approximate surface area is 329 Å². The van der Waals surface area contributed by atoms with Crippen molar-refractivity contribution in [2.75, 3.05) is 51.8 Å². The van der Waals surface area contributed by atoms with Crippen molar-refractivity contribution >= 4 is 29.3 Å². The van der Waals surface area contributed by atoms with Gasteiger partial charge in [-0.05, 0) is 87.6 Å². The molecule has 0 unspecified atom stereocenters. The summed E-state index contributed by atoms with van der Waals surface area (Å²) in [4.78, 5) is 58.3. The predicted molar refractivity (Wildman–Crippen MR) is 204 cm³/mol. The lowest BCUT2D eigenvalue weighted by molar-refractivity contribution is -0.149. The van der Waals surface area contributed by atoms with Crippen LogP contribution >= 0.6 is 0 Å². The number of nitrogens with zero attached hydrogens (tertiary/aromatic N) is 5. The van der Waals surface area contributed by atoms with Crippen molar-refractivity contribution in [1.29, 1.82) is 5.26 Å². The largest absolute Gasteiger partial charge is 0.378 e. The van der Waals surface area contributed by atoms with E-state index >= 15 is 13.2 Å². The highest BCUT2D eigenvalue weighted by Gasteiger charge is 2.44. The topological polar surface area (TPSA) is 162 Å². The van der Waals surface area contributed by atoms with Gasteiger partial charge in [-0.15, -0.1) is 0 Å². The molecule has 13 nitrogen and oxygen atoms in total. The summed E-state index contributed by atoms with van der Waals surface area (Å²) in [6, 6.07) is 9.48. The van der Waals surface area contributed by atoms with Gasteiger partial charge in [0.15, 0.2) is 0 Å². The molecule has 3 N–H and O–H groups in total. The first-order valence-corrected chi connectivity index (χ1v) is 19.6. The van der Waals surface area contributed by atoms with Gasteiger partial charge < -0.3 is 30.5 Å². The van der Waals surface area contributed by atoms with E-state index in [2.05, 4.69) is 25.9 Å². The number of nitrogens with one attached hydrogen (secondary N) is 3. The first-order chi connectivity index (χ1) is 27.4. The maximum Gasteiger partial charge on any atom is 0.349 e. The van der Waals surface area contributed by atoms with Gasteiger partial charge >= 0.3 is 5.92 Å². The van der Waals surface area contributed by atoms with E-state index < -0.39 is 53.0 Å². The smallest absolute Gasteiger partial charge is 0.349 e. The molecule has 304 valence electrons. The summed E-state index contributed by atoms with van der Waals surface area (Å²) in [6.07, 6.45) is 7.36. The zero-order chi connectivity index (χ0) is 40.5. The number of morpholine rings is 1. The standard InChI is InChI=1S/C41H49F3N8O5/c1-50-17-14-31(15-18-50)52-35(13-16-46-52)37(53)48-34(39(55)51-19-21-57-22-20-51)25-27-11-12-33(32(42)24-27)47-38(54)36(29-8-4-2-3-5-9-29)49-40(56)41(43,44)30-10-6-7-28(23-30)26-45/h6-7,10-13,16,23-24,29,31,34,36H,2-5,8-9,14-15,17-22,25H2,1H3,(H,47,54)(H,48,53)(H,49,56)/t34-,36+/m1/s1. The molecule has 3 aromatic rings. The van der Waals surface area contributed by atoms with Crippen molar-refractivity contribution < 1.29 is 37.1 Å². The monoisotopic (exact) mass is 790 g/mol. The lowest BCUT2D eigenvalue weighted by atomic mass is 9.90. The van der Waals surface area contributed by atoms with Crippen LogP contribution in [-0.2, 0) is 31.5 Å². The van der Waals surface area contributed by atoms with Crippen molar-refractivity contribution in [3.05, 3.63) is 82.9 Å². The predicted octanol–water partition coefficient (Wildman–Crippen LogP) is 4.55. The number of hydrogen-bond acceptors (Lipinski definition) is 8. The van der Waals surface area contributed by atoms with Crippen molar-refractivity contribution in [1.82, 2.24) is 30.2 Å². The van der Waals surface area contributed by atoms with Crippen LogP contribution in [0.25, 0.3) is 0 Å². The summed E-state index contributed by atoms with van der Waals surface area (Å²) in [5.41, 5.74) is -0.310. The van der Waals surface area contributed by atoms with Crippen LogP contribution in [0.5, 0.6) is 0 Å². The summed E-state index contributed by atoms with van der Waals surface area (Å²) in [7, 11) is 2.04. The van der Waals surface area contributed by atoms with Crippen LogP contribution in [0.4, 0.5) is 18.9 Å². The summed E-state index contributed by atoms with van der Waals surface area (Å²) >= 11 is 0. The number of halogens is 3. The van der Waals surface area contributed by atoms with Gasteiger partial charge in [-0.2, -0.15) is 19.1 Å². The van der Waals surface area contributed by atoms with E-state index in [9.17, 15) is 24.4 Å². The average Bonchev–Trinajstić information content (AvgIpc) is 3.56. The third kappa shape index (κ3) is 10.2. The fraction of sp³-hybridized carbons (Fsp3) is 0.512. The second-order valence-corrected chi connectivity index (χ2v) is 15.1. The second-order valence-electron chi connectivity index (χ2n) is 15.1. The lowest BCUT2D eigenvalue weighted by Crippen LogP contribution is -2.53. The van der Waals surface area contributed by atoms with Crippen LogP contribution in [0.1, 0.15) is 84.6 Å². The van der Waals surface area contributed by atoms with Crippen LogP contribution < -0.4 is 16.0 Å². The van der Waals surface area contributed by atoms with Crippen LogP contribution in [0, 0.1) is 23.1 Å². The van der Waals surface area contributed by atoms with Crippen molar-refractivity contribution in [2.24, 2.45) is 5.92 Å². The Morgan fingerprint density at radius 2 is 1.67 bits per heavy atom.